The van der Waals surface area contributed by atoms with E-state index in [1.54, 1.807) is 0 Å². The Balaban J connectivity index is 2.45. The van der Waals surface area contributed by atoms with Crippen LogP contribution in [-0.4, -0.2) is 19.0 Å². The summed E-state index contributed by atoms with van der Waals surface area (Å²) in [6, 6.07) is 0. The number of rotatable bonds is 2. The fourth-order valence-electron chi connectivity index (χ4n) is 0.550. The molecule has 0 aromatic rings. The molecule has 0 atom stereocenters. The van der Waals surface area contributed by atoms with Gasteiger partial charge >= 0.3 is 6.61 Å². The molecule has 2 nitrogen and oxygen atoms in total. The van der Waals surface area contributed by atoms with Gasteiger partial charge in [-0.3, -0.25) is 0 Å². The first kappa shape index (κ1) is 6.96. The summed E-state index contributed by atoms with van der Waals surface area (Å²) in [4.78, 5) is 3.58. The third kappa shape index (κ3) is 1.99. The first-order chi connectivity index (χ1) is 4.79. The van der Waals surface area contributed by atoms with E-state index in [4.69, 9.17) is 0 Å². The average molecular weight is 145 g/mol. The van der Waals surface area contributed by atoms with Gasteiger partial charge in [-0.05, 0) is 11.9 Å². The molecule has 0 aromatic heterocycles. The van der Waals surface area contributed by atoms with E-state index in [-0.39, 0.29) is 12.3 Å². The number of hydrogen-bond acceptors (Lipinski definition) is 2. The van der Waals surface area contributed by atoms with Gasteiger partial charge in [0, 0.05) is 6.08 Å². The fraction of sp³-hybridized carbons (Fsp3) is 0.333. The van der Waals surface area contributed by atoms with Crippen LogP contribution < -0.4 is 0 Å². The van der Waals surface area contributed by atoms with Crippen LogP contribution in [0.25, 0.3) is 0 Å². The average Bonchev–Trinajstić information content (AvgIpc) is 1.88. The summed E-state index contributed by atoms with van der Waals surface area (Å²) in [6.07, 6.45) is 2.85. The molecule has 4 heteroatoms. The van der Waals surface area contributed by atoms with E-state index in [1.165, 1.54) is 12.2 Å². The van der Waals surface area contributed by atoms with E-state index in [2.05, 4.69) is 15.6 Å². The minimum Gasteiger partial charge on any atom is -0.437 e. The molecule has 0 aromatic carbocycles. The second-order valence-electron chi connectivity index (χ2n) is 1.62. The zero-order valence-corrected chi connectivity index (χ0v) is 5.05. The summed E-state index contributed by atoms with van der Waals surface area (Å²) in [5.41, 5.74) is 0. The zero-order chi connectivity index (χ0) is 7.40. The summed E-state index contributed by atoms with van der Waals surface area (Å²) in [7, 11) is 0. The first-order valence-electron chi connectivity index (χ1n) is 2.68. The third-order valence-electron chi connectivity index (χ3n) is 0.910. The molecule has 0 bridgehead atoms. The molecule has 1 heterocycles. The third-order valence-corrected chi connectivity index (χ3v) is 0.910. The van der Waals surface area contributed by atoms with Crippen LogP contribution >= 0.6 is 0 Å². The van der Waals surface area contributed by atoms with Crippen molar-refractivity contribution in [1.82, 2.24) is 0 Å². The van der Waals surface area contributed by atoms with Gasteiger partial charge in [-0.1, -0.05) is 0 Å². The van der Waals surface area contributed by atoms with E-state index in [1.807, 2.05) is 0 Å². The molecule has 1 aliphatic heterocycles. The van der Waals surface area contributed by atoms with Gasteiger partial charge in [0.05, 0.1) is 0 Å². The van der Waals surface area contributed by atoms with Crippen LogP contribution in [0.4, 0.5) is 8.78 Å². The van der Waals surface area contributed by atoms with E-state index in [0.29, 0.717) is 0 Å². The second-order valence-corrected chi connectivity index (χ2v) is 1.62. The molecule has 0 unspecified atom stereocenters. The molecule has 0 spiro atoms. The van der Waals surface area contributed by atoms with E-state index in [9.17, 15) is 8.78 Å². The highest BCUT2D eigenvalue weighted by Gasteiger charge is 2.05. The molecule has 0 saturated heterocycles. The van der Waals surface area contributed by atoms with Crippen molar-refractivity contribution in [3.63, 3.8) is 0 Å². The number of halogens is 2. The largest absolute Gasteiger partial charge is 0.437 e. The molecular formula is C6H5F2NO. The lowest BCUT2D eigenvalue weighted by Gasteiger charge is -2.05. The van der Waals surface area contributed by atoms with Crippen molar-refractivity contribution in [3.05, 3.63) is 17.9 Å². The van der Waals surface area contributed by atoms with Crippen molar-refractivity contribution < 1.29 is 13.5 Å². The summed E-state index contributed by atoms with van der Waals surface area (Å²) in [5, 5.41) is 0. The van der Waals surface area contributed by atoms with Crippen LogP contribution in [0.15, 0.2) is 22.9 Å². The number of hydrogen-bond donors (Lipinski definition) is 0. The molecule has 0 N–H and O–H groups in total. The molecule has 1 aliphatic rings. The van der Waals surface area contributed by atoms with Gasteiger partial charge in [0.25, 0.3) is 0 Å². The van der Waals surface area contributed by atoms with Crippen LogP contribution in [0.5, 0.6) is 0 Å². The van der Waals surface area contributed by atoms with E-state index >= 15 is 0 Å². The van der Waals surface area contributed by atoms with Crippen molar-refractivity contribution in [2.45, 2.75) is 6.61 Å². The topological polar surface area (TPSA) is 21.6 Å². The zero-order valence-electron chi connectivity index (χ0n) is 5.05. The molecule has 0 saturated carbocycles. The predicted molar refractivity (Wildman–Crippen MR) is 32.0 cm³/mol. The summed E-state index contributed by atoms with van der Waals surface area (Å²) in [6.45, 7) is -2.60. The van der Waals surface area contributed by atoms with Gasteiger partial charge in [-0.15, -0.1) is 0 Å². The maximum absolute atomic E-state index is 11.5. The van der Waals surface area contributed by atoms with E-state index in [0.717, 1.165) is 0 Å². The van der Waals surface area contributed by atoms with Crippen molar-refractivity contribution >= 4 is 5.87 Å². The molecule has 0 amide bonds. The fourth-order valence-corrected chi connectivity index (χ4v) is 0.550. The van der Waals surface area contributed by atoms with Gasteiger partial charge in [0.1, 0.15) is 12.3 Å². The lowest BCUT2D eigenvalue weighted by molar-refractivity contribution is -0.0964. The van der Waals surface area contributed by atoms with Gasteiger partial charge < -0.3 is 4.74 Å². The first-order valence-corrected chi connectivity index (χ1v) is 2.68. The monoisotopic (exact) mass is 145 g/mol. The SMILES string of the molecule is FC(F)OC1=CC=C=NC1. The highest BCUT2D eigenvalue weighted by Crippen LogP contribution is 2.06. The normalized spacial score (nSPS) is 15.7. The Hall–Kier alpha value is -1.15. The second kappa shape index (κ2) is 3.13. The minimum absolute atomic E-state index is 0.154. The maximum atomic E-state index is 11.5. The highest BCUT2D eigenvalue weighted by molar-refractivity contribution is 5.57. The molecule has 54 valence electrons. The number of aliphatic imine (C=N–C) groups is 1. The molecular weight excluding hydrogens is 140 g/mol. The predicted octanol–water partition coefficient (Wildman–Crippen LogP) is 1.35. The maximum Gasteiger partial charge on any atom is 0.387 e. The smallest absolute Gasteiger partial charge is 0.387 e. The van der Waals surface area contributed by atoms with Gasteiger partial charge in [-0.25, -0.2) is 4.99 Å². The molecule has 0 radical (unpaired) electrons. The Morgan fingerprint density at radius 2 is 2.50 bits per heavy atom. The minimum atomic E-state index is -2.76. The van der Waals surface area contributed by atoms with Gasteiger partial charge in [0.2, 0.25) is 0 Å². The van der Waals surface area contributed by atoms with Crippen LogP contribution in [0.2, 0.25) is 0 Å². The number of nitrogens with zero attached hydrogens (tertiary/aromatic N) is 1. The summed E-state index contributed by atoms with van der Waals surface area (Å²) < 4.78 is 27.0. The Morgan fingerprint density at radius 1 is 1.70 bits per heavy atom. The standard InChI is InChI=1S/C6H5F2NO/c7-6(8)10-5-2-1-3-9-4-5/h1-2,6H,4H2. The van der Waals surface area contributed by atoms with Crippen molar-refractivity contribution in [2.75, 3.05) is 6.54 Å². The number of alkyl halides is 2. The van der Waals surface area contributed by atoms with Crippen LogP contribution in [0, 0.1) is 0 Å². The quantitative estimate of drug-likeness (QED) is 0.574. The van der Waals surface area contributed by atoms with Gasteiger partial charge in [-0.2, -0.15) is 8.78 Å². The van der Waals surface area contributed by atoms with Crippen LogP contribution in [-0.2, 0) is 4.74 Å². The van der Waals surface area contributed by atoms with Crippen molar-refractivity contribution in [3.8, 4) is 0 Å². The summed E-state index contributed by atoms with van der Waals surface area (Å²) in [5.74, 6) is 2.66. The number of ether oxygens (including phenoxy) is 1. The number of allylic oxidation sites excluding steroid dienone is 2. The van der Waals surface area contributed by atoms with Crippen LogP contribution in [0.3, 0.4) is 0 Å². The van der Waals surface area contributed by atoms with Crippen LogP contribution in [0.1, 0.15) is 0 Å². The van der Waals surface area contributed by atoms with Crippen molar-refractivity contribution in [2.24, 2.45) is 4.99 Å². The molecule has 1 rings (SSSR count). The molecule has 10 heavy (non-hydrogen) atoms. The van der Waals surface area contributed by atoms with Gasteiger partial charge in [0.15, 0.2) is 0 Å². The Kier molecular flexibility index (Phi) is 2.18. The summed E-state index contributed by atoms with van der Waals surface area (Å²) >= 11 is 0. The lowest BCUT2D eigenvalue weighted by Crippen LogP contribution is -2.02. The molecule has 0 fully saturated rings. The lowest BCUT2D eigenvalue weighted by atomic mass is 10.4. The Bertz CT molecular complexity index is 204. The Morgan fingerprint density at radius 3 is 3.00 bits per heavy atom. The molecule has 0 aliphatic carbocycles. The Labute approximate surface area is 56.5 Å². The highest BCUT2D eigenvalue weighted by atomic mass is 19.3. The van der Waals surface area contributed by atoms with Crippen molar-refractivity contribution in [1.29, 1.82) is 0 Å². The van der Waals surface area contributed by atoms with E-state index < -0.39 is 6.61 Å².